The molecule has 2 heterocycles. The van der Waals surface area contributed by atoms with E-state index >= 15 is 0 Å². The Morgan fingerprint density at radius 1 is 0.760 bits per heavy atom. The molecule has 0 spiro atoms. The Labute approximate surface area is 149 Å². The third kappa shape index (κ3) is 3.95. The van der Waals surface area contributed by atoms with Crippen LogP contribution in [0.2, 0.25) is 0 Å². The number of hydrogen-bond acceptors (Lipinski definition) is 3. The Kier molecular flexibility index (Phi) is 4.89. The summed E-state index contributed by atoms with van der Waals surface area (Å²) in [5.74, 6) is 0. The highest BCUT2D eigenvalue weighted by Gasteiger charge is 2.42. The second-order valence-electron chi connectivity index (χ2n) is 6.91. The van der Waals surface area contributed by atoms with E-state index in [1.165, 1.54) is 22.3 Å². The second-order valence-corrected chi connectivity index (χ2v) is 6.91. The molecule has 4 rings (SSSR count). The first-order valence-electron chi connectivity index (χ1n) is 9.34. The Hall–Kier alpha value is -1.68. The molecule has 25 heavy (non-hydrogen) atoms. The summed E-state index contributed by atoms with van der Waals surface area (Å²) < 4.78 is 17.7. The highest BCUT2D eigenvalue weighted by molar-refractivity contribution is 5.28. The van der Waals surface area contributed by atoms with Gasteiger partial charge in [-0.2, -0.15) is 0 Å². The summed E-state index contributed by atoms with van der Waals surface area (Å²) in [5.41, 5.74) is 5.07. The summed E-state index contributed by atoms with van der Waals surface area (Å²) in [6.45, 7) is 5.89. The molecule has 4 atom stereocenters. The van der Waals surface area contributed by atoms with E-state index in [0.717, 1.165) is 26.1 Å². The molecule has 2 aliphatic heterocycles. The lowest BCUT2D eigenvalue weighted by Gasteiger charge is -2.24. The molecule has 0 saturated carbocycles. The molecule has 2 aromatic carbocycles. The SMILES string of the molecule is CCc1ccc(C(OC(c2ccc(CC)cc2)C2CO2)C2CO2)cc1. The Bertz CT molecular complexity index is 623. The number of hydrogen-bond donors (Lipinski definition) is 0. The predicted octanol–water partition coefficient (Wildman–Crippen LogP) is 4.41. The van der Waals surface area contributed by atoms with E-state index < -0.39 is 0 Å². The minimum Gasteiger partial charge on any atom is -0.370 e. The van der Waals surface area contributed by atoms with E-state index in [9.17, 15) is 0 Å². The van der Waals surface area contributed by atoms with Gasteiger partial charge in [0.25, 0.3) is 0 Å². The molecular weight excluding hydrogens is 312 g/mol. The van der Waals surface area contributed by atoms with Crippen LogP contribution in [0.1, 0.15) is 48.3 Å². The lowest BCUT2D eigenvalue weighted by atomic mass is 10.0. The van der Waals surface area contributed by atoms with Crippen molar-refractivity contribution in [3.63, 3.8) is 0 Å². The molecule has 2 aromatic rings. The Balaban J connectivity index is 1.55. The summed E-state index contributed by atoms with van der Waals surface area (Å²) in [4.78, 5) is 0. The third-order valence-electron chi connectivity index (χ3n) is 5.12. The summed E-state index contributed by atoms with van der Waals surface area (Å²) in [6.07, 6.45) is 2.34. The van der Waals surface area contributed by atoms with Crippen LogP contribution in [0, 0.1) is 0 Å². The first-order valence-corrected chi connectivity index (χ1v) is 9.34. The molecule has 0 N–H and O–H groups in total. The Morgan fingerprint density at radius 2 is 1.12 bits per heavy atom. The van der Waals surface area contributed by atoms with Crippen LogP contribution in [0.25, 0.3) is 0 Å². The first kappa shape index (κ1) is 16.8. The quantitative estimate of drug-likeness (QED) is 0.669. The van der Waals surface area contributed by atoms with Crippen LogP contribution >= 0.6 is 0 Å². The maximum absolute atomic E-state index is 6.57. The standard InChI is InChI=1S/C22H26O3/c1-3-15-5-9-17(10-6-15)21(19-13-23-19)25-22(20-14-24-20)18-11-7-16(4-2)8-12-18/h5-12,19-22H,3-4,13-14H2,1-2H3. The van der Waals surface area contributed by atoms with Crippen molar-refractivity contribution < 1.29 is 14.2 Å². The van der Waals surface area contributed by atoms with Gasteiger partial charge in [0.2, 0.25) is 0 Å². The molecular formula is C22H26O3. The van der Waals surface area contributed by atoms with Crippen LogP contribution in [0.5, 0.6) is 0 Å². The molecule has 0 bridgehead atoms. The molecule has 3 nitrogen and oxygen atoms in total. The molecule has 0 aromatic heterocycles. The second kappa shape index (κ2) is 7.28. The van der Waals surface area contributed by atoms with Crippen molar-refractivity contribution in [3.05, 3.63) is 70.8 Å². The van der Waals surface area contributed by atoms with Gasteiger partial charge in [0.15, 0.2) is 0 Å². The summed E-state index contributed by atoms with van der Waals surface area (Å²) in [6, 6.07) is 17.5. The van der Waals surface area contributed by atoms with Gasteiger partial charge in [-0.25, -0.2) is 0 Å². The van der Waals surface area contributed by atoms with E-state index in [-0.39, 0.29) is 24.4 Å². The number of epoxide rings is 2. The fraction of sp³-hybridized carbons (Fsp3) is 0.455. The molecule has 2 saturated heterocycles. The van der Waals surface area contributed by atoms with E-state index in [1.54, 1.807) is 0 Å². The average Bonchev–Trinajstić information content (AvgIpc) is 3.56. The molecule has 3 heteroatoms. The molecule has 2 aliphatic rings. The van der Waals surface area contributed by atoms with Crippen molar-refractivity contribution in [3.8, 4) is 0 Å². The Morgan fingerprint density at radius 3 is 1.40 bits per heavy atom. The fourth-order valence-corrected chi connectivity index (χ4v) is 3.27. The monoisotopic (exact) mass is 338 g/mol. The van der Waals surface area contributed by atoms with Crippen LogP contribution < -0.4 is 0 Å². The van der Waals surface area contributed by atoms with Gasteiger partial charge in [0.1, 0.15) is 24.4 Å². The van der Waals surface area contributed by atoms with Crippen molar-refractivity contribution in [2.24, 2.45) is 0 Å². The van der Waals surface area contributed by atoms with Crippen molar-refractivity contribution in [1.82, 2.24) is 0 Å². The largest absolute Gasteiger partial charge is 0.370 e. The van der Waals surface area contributed by atoms with Gasteiger partial charge in [-0.3, -0.25) is 0 Å². The van der Waals surface area contributed by atoms with E-state index in [1.807, 2.05) is 0 Å². The fourth-order valence-electron chi connectivity index (χ4n) is 3.27. The molecule has 0 aliphatic carbocycles. The minimum absolute atomic E-state index is 0.0362. The van der Waals surface area contributed by atoms with E-state index in [4.69, 9.17) is 14.2 Å². The highest BCUT2D eigenvalue weighted by atomic mass is 16.6. The third-order valence-corrected chi connectivity index (χ3v) is 5.12. The number of aryl methyl sites for hydroxylation is 2. The zero-order valence-corrected chi connectivity index (χ0v) is 15.0. The van der Waals surface area contributed by atoms with Crippen molar-refractivity contribution in [1.29, 1.82) is 0 Å². The minimum atomic E-state index is -0.0362. The molecule has 132 valence electrons. The molecule has 4 unspecified atom stereocenters. The van der Waals surface area contributed by atoms with Crippen LogP contribution in [0.15, 0.2) is 48.5 Å². The van der Waals surface area contributed by atoms with E-state index in [0.29, 0.717) is 0 Å². The number of rotatable bonds is 8. The van der Waals surface area contributed by atoms with E-state index in [2.05, 4.69) is 62.4 Å². The zero-order valence-electron chi connectivity index (χ0n) is 15.0. The molecule has 2 fully saturated rings. The van der Waals surface area contributed by atoms with Gasteiger partial charge in [-0.1, -0.05) is 62.4 Å². The van der Waals surface area contributed by atoms with Gasteiger partial charge in [-0.05, 0) is 35.1 Å². The number of ether oxygens (including phenoxy) is 3. The molecule has 0 radical (unpaired) electrons. The smallest absolute Gasteiger partial charge is 0.112 e. The highest BCUT2D eigenvalue weighted by Crippen LogP contribution is 2.40. The lowest BCUT2D eigenvalue weighted by Crippen LogP contribution is -2.19. The van der Waals surface area contributed by atoms with Crippen LogP contribution in [0.4, 0.5) is 0 Å². The lowest BCUT2D eigenvalue weighted by molar-refractivity contribution is -0.0419. The van der Waals surface area contributed by atoms with Gasteiger partial charge in [0, 0.05) is 0 Å². The summed E-state index contributed by atoms with van der Waals surface area (Å²) in [5, 5.41) is 0. The van der Waals surface area contributed by atoms with Crippen molar-refractivity contribution >= 4 is 0 Å². The normalized spacial score (nSPS) is 23.9. The van der Waals surface area contributed by atoms with Crippen LogP contribution in [-0.4, -0.2) is 25.4 Å². The average molecular weight is 338 g/mol. The summed E-state index contributed by atoms with van der Waals surface area (Å²) >= 11 is 0. The van der Waals surface area contributed by atoms with Crippen LogP contribution in [-0.2, 0) is 27.1 Å². The maximum Gasteiger partial charge on any atom is 0.112 e. The van der Waals surface area contributed by atoms with Crippen molar-refractivity contribution in [2.75, 3.05) is 13.2 Å². The van der Waals surface area contributed by atoms with Crippen molar-refractivity contribution in [2.45, 2.75) is 51.1 Å². The van der Waals surface area contributed by atoms with Gasteiger partial charge >= 0.3 is 0 Å². The van der Waals surface area contributed by atoms with Gasteiger partial charge in [-0.15, -0.1) is 0 Å². The first-order chi connectivity index (χ1) is 12.3. The van der Waals surface area contributed by atoms with Gasteiger partial charge in [0.05, 0.1) is 13.2 Å². The van der Waals surface area contributed by atoms with Crippen LogP contribution in [0.3, 0.4) is 0 Å². The predicted molar refractivity (Wildman–Crippen MR) is 97.7 cm³/mol. The molecule has 0 amide bonds. The summed E-state index contributed by atoms with van der Waals surface area (Å²) in [7, 11) is 0. The maximum atomic E-state index is 6.57. The topological polar surface area (TPSA) is 34.3 Å². The number of benzene rings is 2. The zero-order chi connectivity index (χ0) is 17.2. The van der Waals surface area contributed by atoms with Gasteiger partial charge < -0.3 is 14.2 Å².